The summed E-state index contributed by atoms with van der Waals surface area (Å²) in [6, 6.07) is 20.1. The molecule has 0 fully saturated rings. The van der Waals surface area contributed by atoms with Crippen LogP contribution < -0.4 is 5.32 Å². The number of aryl methyl sites for hydroxylation is 2. The van der Waals surface area contributed by atoms with E-state index in [9.17, 15) is 4.79 Å². The second kappa shape index (κ2) is 7.64. The Bertz CT molecular complexity index is 1120. The van der Waals surface area contributed by atoms with Crippen molar-refractivity contribution >= 4 is 11.6 Å². The van der Waals surface area contributed by atoms with E-state index in [0.717, 1.165) is 28.9 Å². The Hall–Kier alpha value is -3.47. The highest BCUT2D eigenvalue weighted by Crippen LogP contribution is 2.20. The molecule has 1 N–H and O–H groups in total. The van der Waals surface area contributed by atoms with Crippen LogP contribution in [0.3, 0.4) is 0 Å². The molecule has 0 spiro atoms. The molecule has 0 atom stereocenters. The normalized spacial score (nSPS) is 10.9. The molecule has 0 aliphatic heterocycles. The van der Waals surface area contributed by atoms with Crippen LogP contribution in [0.5, 0.6) is 0 Å². The molecule has 5 nitrogen and oxygen atoms in total. The molecule has 4 rings (SSSR count). The van der Waals surface area contributed by atoms with Gasteiger partial charge in [-0.3, -0.25) is 4.79 Å². The van der Waals surface area contributed by atoms with Gasteiger partial charge in [-0.05, 0) is 30.5 Å². The number of rotatable bonds is 5. The van der Waals surface area contributed by atoms with E-state index in [-0.39, 0.29) is 5.91 Å². The minimum atomic E-state index is -0.166. The number of aromatic nitrogens is 3. The van der Waals surface area contributed by atoms with E-state index in [4.69, 9.17) is 4.98 Å². The molecular formula is C23H22N4O. The maximum atomic E-state index is 12.7. The van der Waals surface area contributed by atoms with E-state index < -0.39 is 0 Å². The second-order valence-electron chi connectivity index (χ2n) is 6.89. The highest BCUT2D eigenvalue weighted by atomic mass is 16.1. The second-order valence-corrected chi connectivity index (χ2v) is 6.89. The minimum Gasteiger partial charge on any atom is -0.348 e. The Kier molecular flexibility index (Phi) is 4.89. The fourth-order valence-electron chi connectivity index (χ4n) is 3.40. The lowest BCUT2D eigenvalue weighted by Crippen LogP contribution is -2.23. The van der Waals surface area contributed by atoms with Crippen molar-refractivity contribution in [3.63, 3.8) is 0 Å². The largest absolute Gasteiger partial charge is 0.348 e. The summed E-state index contributed by atoms with van der Waals surface area (Å²) in [4.78, 5) is 17.4. The Labute approximate surface area is 164 Å². The number of hydrogen-bond acceptors (Lipinski definition) is 3. The molecule has 0 saturated heterocycles. The summed E-state index contributed by atoms with van der Waals surface area (Å²) in [5, 5.41) is 7.39. The van der Waals surface area contributed by atoms with Gasteiger partial charge in [0, 0.05) is 24.4 Å². The summed E-state index contributed by atoms with van der Waals surface area (Å²) in [5.74, 6) is -0.166. The number of carbonyl (C=O) groups is 1. The van der Waals surface area contributed by atoms with Crippen LogP contribution in [0.4, 0.5) is 0 Å². The third-order valence-electron chi connectivity index (χ3n) is 4.97. The van der Waals surface area contributed by atoms with Gasteiger partial charge in [0.1, 0.15) is 5.56 Å². The molecule has 2 aromatic heterocycles. The first kappa shape index (κ1) is 17.9. The first-order valence-electron chi connectivity index (χ1n) is 9.33. The summed E-state index contributed by atoms with van der Waals surface area (Å²) in [6.45, 7) is 4.49. The highest BCUT2D eigenvalue weighted by Gasteiger charge is 2.18. The fourth-order valence-corrected chi connectivity index (χ4v) is 3.40. The topological polar surface area (TPSA) is 59.3 Å². The average Bonchev–Trinajstić information content (AvgIpc) is 3.15. The number of nitrogens with one attached hydrogen (secondary N) is 1. The summed E-state index contributed by atoms with van der Waals surface area (Å²) < 4.78 is 1.77. The van der Waals surface area contributed by atoms with Gasteiger partial charge in [0.05, 0.1) is 6.20 Å². The van der Waals surface area contributed by atoms with E-state index in [1.54, 1.807) is 10.7 Å². The summed E-state index contributed by atoms with van der Waals surface area (Å²) >= 11 is 0. The van der Waals surface area contributed by atoms with Crippen LogP contribution in [0.15, 0.2) is 66.9 Å². The van der Waals surface area contributed by atoms with Crippen LogP contribution in [-0.2, 0) is 13.0 Å². The molecule has 0 aliphatic rings. The molecule has 140 valence electrons. The van der Waals surface area contributed by atoms with Gasteiger partial charge >= 0.3 is 0 Å². The third-order valence-corrected chi connectivity index (χ3v) is 4.97. The minimum absolute atomic E-state index is 0.166. The maximum Gasteiger partial charge on any atom is 0.257 e. The van der Waals surface area contributed by atoms with Crippen molar-refractivity contribution in [2.45, 2.75) is 26.8 Å². The first-order chi connectivity index (χ1) is 13.6. The molecule has 0 bridgehead atoms. The van der Waals surface area contributed by atoms with Crippen LogP contribution in [0, 0.1) is 13.8 Å². The molecule has 0 saturated carbocycles. The van der Waals surface area contributed by atoms with Gasteiger partial charge in [-0.15, -0.1) is 0 Å². The van der Waals surface area contributed by atoms with Crippen LogP contribution >= 0.6 is 0 Å². The SMILES string of the molecule is Cc1nc2c(C(=O)NCc3ccccc3)cnn2c(C)c1Cc1ccccc1. The van der Waals surface area contributed by atoms with Gasteiger partial charge in [0.15, 0.2) is 5.65 Å². The van der Waals surface area contributed by atoms with Crippen LogP contribution in [0.2, 0.25) is 0 Å². The number of amides is 1. The van der Waals surface area contributed by atoms with Gasteiger partial charge in [-0.2, -0.15) is 5.10 Å². The Morgan fingerprint density at radius 2 is 1.61 bits per heavy atom. The van der Waals surface area contributed by atoms with E-state index in [2.05, 4.69) is 22.5 Å². The zero-order valence-electron chi connectivity index (χ0n) is 16.0. The van der Waals surface area contributed by atoms with Crippen molar-refractivity contribution in [1.82, 2.24) is 19.9 Å². The molecule has 2 heterocycles. The van der Waals surface area contributed by atoms with Crippen LogP contribution in [-0.4, -0.2) is 20.5 Å². The molecule has 0 radical (unpaired) electrons. The fraction of sp³-hybridized carbons (Fsp3) is 0.174. The Morgan fingerprint density at radius 1 is 0.964 bits per heavy atom. The number of benzene rings is 2. The molecule has 28 heavy (non-hydrogen) atoms. The van der Waals surface area contributed by atoms with Gasteiger partial charge in [0.25, 0.3) is 5.91 Å². The highest BCUT2D eigenvalue weighted by molar-refractivity contribution is 5.99. The van der Waals surface area contributed by atoms with E-state index in [0.29, 0.717) is 17.8 Å². The summed E-state index contributed by atoms with van der Waals surface area (Å²) in [5.41, 5.74) is 6.43. The maximum absolute atomic E-state index is 12.7. The summed E-state index contributed by atoms with van der Waals surface area (Å²) in [6.07, 6.45) is 2.39. The van der Waals surface area contributed by atoms with Crippen LogP contribution in [0.25, 0.3) is 5.65 Å². The Morgan fingerprint density at radius 3 is 2.29 bits per heavy atom. The standard InChI is InChI=1S/C23H22N4O/c1-16-20(13-18-9-5-3-6-10-18)17(2)27-22(26-16)21(15-25-27)23(28)24-14-19-11-7-4-8-12-19/h3-12,15H,13-14H2,1-2H3,(H,24,28). The Balaban J connectivity index is 1.62. The van der Waals surface area contributed by atoms with Gasteiger partial charge < -0.3 is 5.32 Å². The van der Waals surface area contributed by atoms with Crippen molar-refractivity contribution < 1.29 is 4.79 Å². The van der Waals surface area contributed by atoms with Gasteiger partial charge in [-0.25, -0.2) is 9.50 Å². The smallest absolute Gasteiger partial charge is 0.257 e. The third kappa shape index (κ3) is 3.51. The number of hydrogen-bond donors (Lipinski definition) is 1. The van der Waals surface area contributed by atoms with E-state index in [1.165, 1.54) is 5.56 Å². The first-order valence-corrected chi connectivity index (χ1v) is 9.33. The average molecular weight is 370 g/mol. The molecular weight excluding hydrogens is 348 g/mol. The van der Waals surface area contributed by atoms with Crippen molar-refractivity contribution in [2.24, 2.45) is 0 Å². The molecule has 0 unspecified atom stereocenters. The molecule has 5 heteroatoms. The lowest BCUT2D eigenvalue weighted by molar-refractivity contribution is 0.0952. The zero-order chi connectivity index (χ0) is 19.5. The van der Waals surface area contributed by atoms with E-state index in [1.807, 2.05) is 62.4 Å². The molecule has 1 amide bonds. The zero-order valence-corrected chi connectivity index (χ0v) is 16.0. The number of nitrogens with zero attached hydrogens (tertiary/aromatic N) is 3. The van der Waals surface area contributed by atoms with Gasteiger partial charge in [-0.1, -0.05) is 60.7 Å². The van der Waals surface area contributed by atoms with Crippen molar-refractivity contribution in [1.29, 1.82) is 0 Å². The monoisotopic (exact) mass is 370 g/mol. The quantitative estimate of drug-likeness (QED) is 0.580. The molecule has 2 aromatic carbocycles. The number of fused-ring (bicyclic) bond motifs is 1. The van der Waals surface area contributed by atoms with Crippen molar-refractivity contribution in [3.8, 4) is 0 Å². The van der Waals surface area contributed by atoms with E-state index >= 15 is 0 Å². The molecule has 0 aliphatic carbocycles. The lowest BCUT2D eigenvalue weighted by Gasteiger charge is -2.12. The van der Waals surface area contributed by atoms with Crippen molar-refractivity contribution in [2.75, 3.05) is 0 Å². The van der Waals surface area contributed by atoms with Crippen LogP contribution in [0.1, 0.15) is 38.4 Å². The predicted molar refractivity (Wildman–Crippen MR) is 109 cm³/mol. The van der Waals surface area contributed by atoms with Crippen molar-refractivity contribution in [3.05, 3.63) is 101 Å². The summed E-state index contributed by atoms with van der Waals surface area (Å²) in [7, 11) is 0. The number of carbonyl (C=O) groups excluding carboxylic acids is 1. The lowest BCUT2D eigenvalue weighted by atomic mass is 10.0. The predicted octanol–water partition coefficient (Wildman–Crippen LogP) is 3.87. The van der Waals surface area contributed by atoms with Gasteiger partial charge in [0.2, 0.25) is 0 Å². The molecule has 4 aromatic rings.